The Balaban J connectivity index is 1.34. The summed E-state index contributed by atoms with van der Waals surface area (Å²) in [6.07, 6.45) is -1.70. The number of amides is 2. The van der Waals surface area contributed by atoms with E-state index < -0.39 is 60.8 Å². The summed E-state index contributed by atoms with van der Waals surface area (Å²) in [5.41, 5.74) is 1.64. The summed E-state index contributed by atoms with van der Waals surface area (Å²) in [6.45, 7) is 4.51. The molecule has 1 aliphatic heterocycles. The lowest BCUT2D eigenvalue weighted by Crippen LogP contribution is -2.67. The van der Waals surface area contributed by atoms with Gasteiger partial charge in [0.2, 0.25) is 5.91 Å². The van der Waals surface area contributed by atoms with Crippen molar-refractivity contribution in [3.8, 4) is 0 Å². The molecule has 0 saturated carbocycles. The SMILES string of the molecule is CC(C)(C)OC(=O)N[C@@H](Cc1c[nH]c2ccccc12)C(=O)N[C@@H]1[C@@H](O)[C@H](O)[C@@H](Nc2ncnc3nc[nH]c23)O[C@H]1CO. The van der Waals surface area contributed by atoms with Crippen LogP contribution >= 0.6 is 0 Å². The fourth-order valence-electron chi connectivity index (χ4n) is 4.87. The van der Waals surface area contributed by atoms with Crippen molar-refractivity contribution in [3.05, 3.63) is 48.7 Å². The van der Waals surface area contributed by atoms with Crippen molar-refractivity contribution in [2.24, 2.45) is 0 Å². The molecule has 0 bridgehead atoms. The third kappa shape index (κ3) is 6.28. The number of aliphatic hydroxyl groups is 3. The number of H-pyrrole nitrogens is 2. The van der Waals surface area contributed by atoms with Crippen LogP contribution in [0, 0.1) is 0 Å². The number of imidazole rings is 1. The minimum absolute atomic E-state index is 0.0865. The maximum absolute atomic E-state index is 13.6. The van der Waals surface area contributed by atoms with Crippen LogP contribution in [0.3, 0.4) is 0 Å². The molecular weight excluding hydrogens is 548 g/mol. The molecule has 3 aromatic heterocycles. The lowest BCUT2D eigenvalue weighted by molar-refractivity contribution is -0.185. The zero-order valence-electron chi connectivity index (χ0n) is 23.2. The number of carbonyl (C=O) groups is 2. The molecule has 8 N–H and O–H groups in total. The second-order valence-electron chi connectivity index (χ2n) is 11.0. The van der Waals surface area contributed by atoms with E-state index >= 15 is 0 Å². The van der Waals surface area contributed by atoms with E-state index in [0.717, 1.165) is 16.5 Å². The summed E-state index contributed by atoms with van der Waals surface area (Å²) in [5.74, 6) is -0.418. The zero-order valence-corrected chi connectivity index (χ0v) is 23.2. The van der Waals surface area contributed by atoms with Crippen LogP contribution in [0.2, 0.25) is 0 Å². The molecule has 1 saturated heterocycles. The Morgan fingerprint density at radius 1 is 1.12 bits per heavy atom. The third-order valence-corrected chi connectivity index (χ3v) is 6.85. The standard InChI is InChI=1S/C27H34N8O7/c1-27(2,3)42-26(40)33-16(8-13-9-28-15-7-5-4-6-14(13)15)24(39)34-18-17(10-36)41-25(21(38)20(18)37)35-23-19-22(30-11-29-19)31-12-32-23/h4-7,9,11-12,16-18,20-21,25,28,36-38H,8,10H2,1-3H3,(H,33,40)(H,34,39)(H2,29,30,31,32,35)/t16-,17-,18-,20+,21-,25-/m0/s1. The second-order valence-corrected chi connectivity index (χ2v) is 11.0. The fraction of sp³-hybridized carbons (Fsp3) is 0.444. The summed E-state index contributed by atoms with van der Waals surface area (Å²) in [6, 6.07) is 5.17. The highest BCUT2D eigenvalue weighted by Gasteiger charge is 2.46. The Kier molecular flexibility index (Phi) is 8.27. The Bertz CT molecular complexity index is 1550. The number of hydrogen-bond donors (Lipinski definition) is 8. The Morgan fingerprint density at radius 2 is 1.90 bits per heavy atom. The molecule has 224 valence electrons. The van der Waals surface area contributed by atoms with E-state index in [-0.39, 0.29) is 12.2 Å². The van der Waals surface area contributed by atoms with Gasteiger partial charge in [0.05, 0.1) is 19.0 Å². The average Bonchev–Trinajstić information content (AvgIpc) is 3.59. The smallest absolute Gasteiger partial charge is 0.408 e. The molecule has 15 nitrogen and oxygen atoms in total. The van der Waals surface area contributed by atoms with Crippen LogP contribution in [0.1, 0.15) is 26.3 Å². The molecule has 1 fully saturated rings. The van der Waals surface area contributed by atoms with Gasteiger partial charge in [-0.05, 0) is 32.4 Å². The number of para-hydroxylation sites is 1. The van der Waals surface area contributed by atoms with E-state index in [1.54, 1.807) is 27.0 Å². The van der Waals surface area contributed by atoms with Crippen LogP contribution in [-0.2, 0) is 20.7 Å². The molecule has 0 aliphatic carbocycles. The quantitative estimate of drug-likeness (QED) is 0.141. The molecule has 4 heterocycles. The fourth-order valence-corrected chi connectivity index (χ4v) is 4.87. The Morgan fingerprint density at radius 3 is 2.67 bits per heavy atom. The number of ether oxygens (including phenoxy) is 2. The normalized spacial score (nSPS) is 23.4. The molecule has 6 atom stereocenters. The van der Waals surface area contributed by atoms with E-state index in [4.69, 9.17) is 9.47 Å². The summed E-state index contributed by atoms with van der Waals surface area (Å²) < 4.78 is 11.2. The summed E-state index contributed by atoms with van der Waals surface area (Å²) in [4.78, 5) is 44.5. The largest absolute Gasteiger partial charge is 0.444 e. The van der Waals surface area contributed by atoms with Crippen molar-refractivity contribution >= 4 is 39.9 Å². The number of carbonyl (C=O) groups excluding carboxylic acids is 2. The van der Waals surface area contributed by atoms with Gasteiger partial charge in [-0.2, -0.15) is 0 Å². The van der Waals surface area contributed by atoms with Gasteiger partial charge in [0.25, 0.3) is 0 Å². The van der Waals surface area contributed by atoms with Crippen molar-refractivity contribution in [1.82, 2.24) is 35.6 Å². The molecule has 0 unspecified atom stereocenters. The highest BCUT2D eigenvalue weighted by molar-refractivity contribution is 5.88. The zero-order chi connectivity index (χ0) is 30.0. The van der Waals surface area contributed by atoms with Crippen LogP contribution in [0.25, 0.3) is 22.1 Å². The van der Waals surface area contributed by atoms with Crippen LogP contribution in [-0.4, -0.2) is 101 Å². The third-order valence-electron chi connectivity index (χ3n) is 6.85. The summed E-state index contributed by atoms with van der Waals surface area (Å²) in [5, 5.41) is 41.1. The first-order valence-corrected chi connectivity index (χ1v) is 13.4. The number of aromatic nitrogens is 5. The number of anilines is 1. The summed E-state index contributed by atoms with van der Waals surface area (Å²) in [7, 11) is 0. The number of nitrogens with zero attached hydrogens (tertiary/aromatic N) is 3. The average molecular weight is 583 g/mol. The second kappa shape index (κ2) is 11.9. The molecule has 0 radical (unpaired) electrons. The van der Waals surface area contributed by atoms with Crippen LogP contribution in [0.4, 0.5) is 10.6 Å². The molecule has 1 aromatic carbocycles. The predicted octanol–water partition coefficient (Wildman–Crippen LogP) is 0.306. The van der Waals surface area contributed by atoms with E-state index in [0.29, 0.717) is 11.2 Å². The van der Waals surface area contributed by atoms with Crippen molar-refractivity contribution in [2.45, 2.75) is 69.4 Å². The van der Waals surface area contributed by atoms with Gasteiger partial charge in [0, 0.05) is 23.5 Å². The molecule has 5 rings (SSSR count). The van der Waals surface area contributed by atoms with Gasteiger partial charge in [0.1, 0.15) is 41.8 Å². The molecule has 0 spiro atoms. The molecule has 15 heteroatoms. The van der Waals surface area contributed by atoms with Gasteiger partial charge < -0.3 is 50.7 Å². The topological polar surface area (TPSA) is 220 Å². The van der Waals surface area contributed by atoms with E-state index in [1.807, 2.05) is 24.3 Å². The maximum Gasteiger partial charge on any atom is 0.408 e. The van der Waals surface area contributed by atoms with Gasteiger partial charge >= 0.3 is 6.09 Å². The first kappa shape index (κ1) is 29.2. The minimum atomic E-state index is -1.56. The van der Waals surface area contributed by atoms with Crippen molar-refractivity contribution in [3.63, 3.8) is 0 Å². The number of rotatable bonds is 8. The Labute approximate surface area is 240 Å². The molecule has 42 heavy (non-hydrogen) atoms. The van der Waals surface area contributed by atoms with E-state index in [1.165, 1.54) is 12.7 Å². The maximum atomic E-state index is 13.6. The van der Waals surface area contributed by atoms with Gasteiger partial charge in [-0.25, -0.2) is 19.7 Å². The van der Waals surface area contributed by atoms with Crippen LogP contribution in [0.15, 0.2) is 43.1 Å². The first-order chi connectivity index (χ1) is 20.0. The number of benzene rings is 1. The van der Waals surface area contributed by atoms with Gasteiger partial charge in [0.15, 0.2) is 17.7 Å². The predicted molar refractivity (Wildman–Crippen MR) is 150 cm³/mol. The van der Waals surface area contributed by atoms with E-state index in [9.17, 15) is 24.9 Å². The molecule has 4 aromatic rings. The van der Waals surface area contributed by atoms with Crippen molar-refractivity contribution in [2.75, 3.05) is 11.9 Å². The first-order valence-electron chi connectivity index (χ1n) is 13.4. The lowest BCUT2D eigenvalue weighted by Gasteiger charge is -2.43. The summed E-state index contributed by atoms with van der Waals surface area (Å²) >= 11 is 0. The number of fused-ring (bicyclic) bond motifs is 2. The Hall–Kier alpha value is -4.31. The highest BCUT2D eigenvalue weighted by Crippen LogP contribution is 2.25. The van der Waals surface area contributed by atoms with Gasteiger partial charge in [-0.1, -0.05) is 18.2 Å². The molecule has 2 amide bonds. The van der Waals surface area contributed by atoms with Crippen LogP contribution < -0.4 is 16.0 Å². The van der Waals surface area contributed by atoms with Crippen LogP contribution in [0.5, 0.6) is 0 Å². The number of aliphatic hydroxyl groups excluding tert-OH is 3. The highest BCUT2D eigenvalue weighted by atomic mass is 16.6. The number of hydrogen-bond acceptors (Lipinski definition) is 11. The molecule has 1 aliphatic rings. The lowest BCUT2D eigenvalue weighted by atomic mass is 9.94. The van der Waals surface area contributed by atoms with Gasteiger partial charge in [-0.15, -0.1) is 0 Å². The number of aromatic amines is 2. The number of alkyl carbamates (subject to hydrolysis) is 1. The van der Waals surface area contributed by atoms with Gasteiger partial charge in [-0.3, -0.25) is 4.79 Å². The van der Waals surface area contributed by atoms with Crippen molar-refractivity contribution < 1.29 is 34.4 Å². The monoisotopic (exact) mass is 582 g/mol. The minimum Gasteiger partial charge on any atom is -0.444 e. The van der Waals surface area contributed by atoms with E-state index in [2.05, 4.69) is 40.9 Å². The molecular formula is C27H34N8O7. The number of nitrogens with one attached hydrogen (secondary N) is 5. The van der Waals surface area contributed by atoms with Crippen molar-refractivity contribution in [1.29, 1.82) is 0 Å².